The quantitative estimate of drug-likeness (QED) is 0.594. The third kappa shape index (κ3) is 4.94. The molecule has 114 valence electrons. The van der Waals surface area contributed by atoms with Gasteiger partial charge in [0.1, 0.15) is 0 Å². The molecule has 0 atom stereocenters. The number of hydrogen-bond donors (Lipinski definition) is 1. The normalized spacial score (nSPS) is 11.8. The summed E-state index contributed by atoms with van der Waals surface area (Å²) in [6.45, 7) is 6.93. The van der Waals surface area contributed by atoms with Crippen molar-refractivity contribution in [3.63, 3.8) is 0 Å². The minimum absolute atomic E-state index is 0.839. The zero-order valence-electron chi connectivity index (χ0n) is 13.6. The summed E-state index contributed by atoms with van der Waals surface area (Å²) in [6, 6.07) is 4.40. The van der Waals surface area contributed by atoms with Crippen molar-refractivity contribution in [1.82, 2.24) is 4.98 Å². The van der Waals surface area contributed by atoms with Gasteiger partial charge in [-0.1, -0.05) is 0 Å². The number of pyridine rings is 1. The molecule has 0 radical (unpaired) electrons. The Hall–Kier alpha value is -0.251. The van der Waals surface area contributed by atoms with Crippen LogP contribution in [0.4, 0.5) is 5.82 Å². The van der Waals surface area contributed by atoms with E-state index in [9.17, 15) is 0 Å². The first-order chi connectivity index (χ1) is 9.70. The summed E-state index contributed by atoms with van der Waals surface area (Å²) in [5.41, 5.74) is 6.26. The van der Waals surface area contributed by atoms with Crippen molar-refractivity contribution >= 4 is 27.8 Å². The van der Waals surface area contributed by atoms with Gasteiger partial charge in [0.2, 0.25) is 0 Å². The predicted molar refractivity (Wildman–Crippen MR) is 93.2 cm³/mol. The van der Waals surface area contributed by atoms with Gasteiger partial charge in [-0.3, -0.25) is 0 Å². The number of nitrogen functional groups attached to an aromatic ring is 1. The van der Waals surface area contributed by atoms with Crippen molar-refractivity contribution in [2.45, 2.75) is 72.6 Å². The van der Waals surface area contributed by atoms with Crippen molar-refractivity contribution in [3.05, 3.63) is 18.3 Å². The van der Waals surface area contributed by atoms with Crippen LogP contribution in [0.3, 0.4) is 0 Å². The van der Waals surface area contributed by atoms with Crippen LogP contribution in [0, 0.1) is 0 Å². The van der Waals surface area contributed by atoms with Gasteiger partial charge in [-0.05, 0) is 0 Å². The Morgan fingerprint density at radius 2 is 1.45 bits per heavy atom. The molecule has 0 aliphatic heterocycles. The van der Waals surface area contributed by atoms with E-state index >= 15 is 0 Å². The Morgan fingerprint density at radius 3 is 1.85 bits per heavy atom. The Bertz CT molecular complexity index is 357. The fraction of sp³-hybridized carbons (Fsp3) is 0.706. The molecule has 0 spiro atoms. The summed E-state index contributed by atoms with van der Waals surface area (Å²) >= 11 is -2.35. The van der Waals surface area contributed by atoms with E-state index in [4.69, 9.17) is 5.73 Å². The average Bonchev–Trinajstić information content (AvgIpc) is 2.48. The number of unbranched alkanes of at least 4 members (excludes halogenated alkanes) is 3. The number of hydrogen-bond acceptors (Lipinski definition) is 2. The van der Waals surface area contributed by atoms with Gasteiger partial charge in [0.25, 0.3) is 0 Å². The Balaban J connectivity index is 3.08. The fourth-order valence-electron chi connectivity index (χ4n) is 3.19. The molecule has 0 aliphatic carbocycles. The molecule has 0 saturated heterocycles. The number of nitrogens with two attached hydrogens (primary N) is 1. The zero-order valence-corrected chi connectivity index (χ0v) is 16.5. The van der Waals surface area contributed by atoms with E-state index < -0.39 is 18.4 Å². The predicted octanol–water partition coefficient (Wildman–Crippen LogP) is 4.72. The number of rotatable bonds is 10. The van der Waals surface area contributed by atoms with Gasteiger partial charge in [0, 0.05) is 0 Å². The Kier molecular flexibility index (Phi) is 8.58. The second-order valence-electron chi connectivity index (χ2n) is 6.03. The van der Waals surface area contributed by atoms with Crippen LogP contribution >= 0.6 is 0 Å². The molecule has 0 fully saturated rings. The van der Waals surface area contributed by atoms with Crippen LogP contribution in [0.15, 0.2) is 18.3 Å². The van der Waals surface area contributed by atoms with Gasteiger partial charge in [0.05, 0.1) is 0 Å². The van der Waals surface area contributed by atoms with E-state index in [0.717, 1.165) is 5.82 Å². The standard InChI is InChI=1S/C5H5N2.3C4H9.Sn/c6-5-3-1-2-4-7-5;3*1-3-4-2;/h1-2,4H,(H2,6,7);3*1,3-4H2,2H3;. The second kappa shape index (κ2) is 9.64. The summed E-state index contributed by atoms with van der Waals surface area (Å²) in [5, 5.41) is 0. The summed E-state index contributed by atoms with van der Waals surface area (Å²) < 4.78 is 5.89. The maximum absolute atomic E-state index is 6.26. The monoisotopic (exact) mass is 384 g/mol. The van der Waals surface area contributed by atoms with Crippen LogP contribution in [-0.2, 0) is 0 Å². The molecule has 0 saturated carbocycles. The molecule has 2 nitrogen and oxygen atoms in total. The van der Waals surface area contributed by atoms with E-state index in [1.807, 2.05) is 6.20 Å². The van der Waals surface area contributed by atoms with E-state index in [1.165, 1.54) is 55.4 Å². The maximum atomic E-state index is 6.26. The molecule has 0 bridgehead atoms. The third-order valence-electron chi connectivity index (χ3n) is 4.44. The van der Waals surface area contributed by atoms with Crippen molar-refractivity contribution in [2.75, 3.05) is 5.73 Å². The first-order valence-electron chi connectivity index (χ1n) is 8.41. The van der Waals surface area contributed by atoms with Gasteiger partial charge in [-0.2, -0.15) is 0 Å². The van der Waals surface area contributed by atoms with Crippen LogP contribution < -0.4 is 9.31 Å². The third-order valence-corrected chi connectivity index (χ3v) is 20.1. The molecular formula is C17H32N2Sn. The molecule has 1 aromatic rings. The van der Waals surface area contributed by atoms with Gasteiger partial charge in [-0.25, -0.2) is 0 Å². The van der Waals surface area contributed by atoms with E-state index in [2.05, 4.69) is 37.9 Å². The molecule has 1 aromatic heterocycles. The van der Waals surface area contributed by atoms with Crippen LogP contribution in [0.5, 0.6) is 0 Å². The van der Waals surface area contributed by atoms with Crippen LogP contribution in [-0.4, -0.2) is 23.4 Å². The van der Waals surface area contributed by atoms with Crippen molar-refractivity contribution in [2.24, 2.45) is 0 Å². The van der Waals surface area contributed by atoms with Crippen LogP contribution in [0.1, 0.15) is 59.3 Å². The molecule has 3 heteroatoms. The average molecular weight is 383 g/mol. The van der Waals surface area contributed by atoms with Gasteiger partial charge < -0.3 is 0 Å². The number of aromatic nitrogens is 1. The summed E-state index contributed by atoms with van der Waals surface area (Å²) in [4.78, 5) is 4.40. The Labute approximate surface area is 129 Å². The first-order valence-corrected chi connectivity index (χ1v) is 15.9. The van der Waals surface area contributed by atoms with Crippen LogP contribution in [0.25, 0.3) is 0 Å². The molecule has 0 aromatic carbocycles. The number of nitrogens with zero attached hydrogens (tertiary/aromatic N) is 1. The van der Waals surface area contributed by atoms with Gasteiger partial charge in [0.15, 0.2) is 0 Å². The van der Waals surface area contributed by atoms with Crippen molar-refractivity contribution in [3.8, 4) is 0 Å². The van der Waals surface area contributed by atoms with Crippen molar-refractivity contribution in [1.29, 1.82) is 0 Å². The summed E-state index contributed by atoms with van der Waals surface area (Å²) in [6.07, 6.45) is 9.87. The van der Waals surface area contributed by atoms with Crippen LogP contribution in [0.2, 0.25) is 13.3 Å². The van der Waals surface area contributed by atoms with Gasteiger partial charge in [-0.15, -0.1) is 0 Å². The SMILES string of the molecule is CCC[CH2][Sn]([CH2]CCC)([CH2]CCC)[c]1cccnc1N. The summed E-state index contributed by atoms with van der Waals surface area (Å²) in [5.74, 6) is 0.839. The molecule has 1 rings (SSSR count). The van der Waals surface area contributed by atoms with E-state index in [-0.39, 0.29) is 0 Å². The molecule has 0 amide bonds. The minimum atomic E-state index is -2.35. The molecular weight excluding hydrogens is 351 g/mol. The summed E-state index contributed by atoms with van der Waals surface area (Å²) in [7, 11) is 0. The molecule has 2 N–H and O–H groups in total. The van der Waals surface area contributed by atoms with Crippen molar-refractivity contribution < 1.29 is 0 Å². The molecule has 1 heterocycles. The molecule has 20 heavy (non-hydrogen) atoms. The second-order valence-corrected chi connectivity index (χ2v) is 19.2. The molecule has 0 unspecified atom stereocenters. The van der Waals surface area contributed by atoms with E-state index in [0.29, 0.717) is 0 Å². The zero-order chi connectivity index (χ0) is 14.8. The topological polar surface area (TPSA) is 38.9 Å². The van der Waals surface area contributed by atoms with Gasteiger partial charge >= 0.3 is 129 Å². The molecule has 0 aliphatic rings. The first kappa shape index (κ1) is 17.8. The Morgan fingerprint density at radius 1 is 0.950 bits per heavy atom. The van der Waals surface area contributed by atoms with E-state index in [1.54, 1.807) is 0 Å². The fourth-order valence-corrected chi connectivity index (χ4v) is 19.5. The number of anilines is 1.